The van der Waals surface area contributed by atoms with Gasteiger partial charge in [0.25, 0.3) is 0 Å². The van der Waals surface area contributed by atoms with Crippen molar-refractivity contribution in [2.24, 2.45) is 0 Å². The third-order valence-electron chi connectivity index (χ3n) is 26.3. The Balaban J connectivity index is 0.000000345. The molecule has 0 saturated heterocycles. The van der Waals surface area contributed by atoms with Crippen LogP contribution in [0, 0.1) is 21.3 Å². The Morgan fingerprint density at radius 1 is 0.444 bits per heavy atom. The fourth-order valence-electron chi connectivity index (χ4n) is 20.3. The number of aryl methyl sites for hydroxylation is 2. The minimum atomic E-state index is -4.64. The first kappa shape index (κ1) is 114. The summed E-state index contributed by atoms with van der Waals surface area (Å²) < 4.78 is 77.2. The average molecular weight is 2220 g/mol. The van der Waals surface area contributed by atoms with E-state index in [9.17, 15) is 65.5 Å². The van der Waals surface area contributed by atoms with Gasteiger partial charge in [-0.15, -0.1) is 0 Å². The zero-order valence-corrected chi connectivity index (χ0v) is 90.6. The van der Waals surface area contributed by atoms with E-state index in [1.165, 1.54) is 90.9 Å². The Labute approximate surface area is 862 Å². The number of aliphatic hydroxyl groups excluding tert-OH is 1. The van der Waals surface area contributed by atoms with Crippen LogP contribution in [0.4, 0.5) is 22.7 Å². The number of rotatable bonds is 32. The number of anilines is 2. The van der Waals surface area contributed by atoms with Crippen LogP contribution in [0.3, 0.4) is 0 Å². The Bertz CT molecular complexity index is 6410. The van der Waals surface area contributed by atoms with Gasteiger partial charge in [0.2, 0.25) is 11.4 Å². The number of hydrogen-bond donors (Lipinski definition) is 5. The molecular weight excluding hydrogens is 2090 g/mol. The SMILES string of the molecule is CI.CO.Cc1ccc2c3c(ccc2c1)[N+](CCCCCC(=O)O)=C(/C=C/C1=C(Cl)C(=C/C=C2/N(CCCCCC(=O)O)c4ccc5cc(S(=O)(=O)[O-])ccc5c4C2(C)C)/CN(C)C1)C3(C)C.Cc1ccc2c3c(ccc2c1)[N+](CCCCCC(=O)O)=C(/C=C/C1=C(Cl)C(=C/C=C2/N(CCCCCC(=O)O)c4ccc5cc(S(=O)(=O)[O-])ccc5c4C2(C)C)/C[N+](C)(C)C1)C3(C)C.[CH3-].[I-].[V].[V]. The Kier molecular flexibility index (Phi) is 40.8. The first-order valence-electron chi connectivity index (χ1n) is 45.0. The number of carboxylic acids is 4. The number of allylic oxidation sites excluding steroid dienone is 8. The molecule has 0 saturated carbocycles. The zero-order valence-electron chi connectivity index (χ0n) is 80.4. The zero-order chi connectivity index (χ0) is 95.8. The summed E-state index contributed by atoms with van der Waals surface area (Å²) in [6, 6.07) is 39.0. The van der Waals surface area contributed by atoms with Crippen LogP contribution in [0.5, 0.6) is 0 Å². The van der Waals surface area contributed by atoms with Crippen molar-refractivity contribution in [2.45, 2.75) is 203 Å². The van der Waals surface area contributed by atoms with Crippen molar-refractivity contribution in [1.29, 1.82) is 0 Å². The number of nitrogens with zero attached hydrogens (tertiary/aromatic N) is 6. The van der Waals surface area contributed by atoms with Gasteiger partial charge in [-0.1, -0.05) is 170 Å². The van der Waals surface area contributed by atoms with E-state index in [0.717, 1.165) is 145 Å². The minimum Gasteiger partial charge on any atom is -1.00 e. The van der Waals surface area contributed by atoms with Crippen LogP contribution >= 0.6 is 45.8 Å². The molecule has 6 aliphatic rings. The van der Waals surface area contributed by atoms with E-state index in [1.54, 1.807) is 12.1 Å². The molecular formula is C106H129Cl2I2N6O15S2V2-. The van der Waals surface area contributed by atoms with E-state index in [-0.39, 0.29) is 115 Å². The van der Waals surface area contributed by atoms with Crippen LogP contribution in [0.1, 0.15) is 192 Å². The number of alkyl halides is 1. The number of fused-ring (bicyclic) bond motifs is 12. The van der Waals surface area contributed by atoms with Gasteiger partial charge >= 0.3 is 23.9 Å². The van der Waals surface area contributed by atoms with Gasteiger partial charge in [0, 0.05) is 194 Å². The fourth-order valence-corrected chi connectivity index (χ4v) is 21.8. The van der Waals surface area contributed by atoms with Crippen molar-refractivity contribution in [3.8, 4) is 0 Å². The second kappa shape index (κ2) is 48.1. The van der Waals surface area contributed by atoms with Gasteiger partial charge < -0.3 is 80.3 Å². The van der Waals surface area contributed by atoms with Gasteiger partial charge in [0.1, 0.15) is 46.4 Å². The normalized spacial score (nSPS) is 17.9. The molecule has 21 nitrogen and oxygen atoms in total. The van der Waals surface area contributed by atoms with E-state index < -0.39 is 54.9 Å². The van der Waals surface area contributed by atoms with Crippen LogP contribution < -0.4 is 33.8 Å². The van der Waals surface area contributed by atoms with Crippen molar-refractivity contribution in [3.05, 3.63) is 254 Å². The number of quaternary nitrogens is 1. The molecule has 0 aliphatic carbocycles. The fraction of sp³-hybridized carbons (Fsp3) is 0.406. The summed E-state index contributed by atoms with van der Waals surface area (Å²) >= 11 is 17.0. The number of unbranched alkanes of at least 4 members (excludes halogenated alkanes) is 8. The first-order chi connectivity index (χ1) is 61.9. The maximum Gasteiger partial charge on any atom is 0.303 e. The molecule has 8 aromatic carbocycles. The van der Waals surface area contributed by atoms with Crippen molar-refractivity contribution < 1.29 is 145 Å². The summed E-state index contributed by atoms with van der Waals surface area (Å²) in [4.78, 5) is 53.3. The molecule has 0 aromatic heterocycles. The van der Waals surface area contributed by atoms with Gasteiger partial charge in [-0.2, -0.15) is 9.15 Å². The molecule has 0 fully saturated rings. The first-order valence-corrected chi connectivity index (χ1v) is 50.8. The number of aliphatic hydroxyl groups is 1. The van der Waals surface area contributed by atoms with Crippen molar-refractivity contribution in [3.63, 3.8) is 0 Å². The molecule has 0 unspecified atom stereocenters. The Morgan fingerprint density at radius 2 is 0.785 bits per heavy atom. The number of aliphatic carboxylic acids is 4. The van der Waals surface area contributed by atoms with E-state index >= 15 is 0 Å². The molecule has 724 valence electrons. The van der Waals surface area contributed by atoms with Crippen molar-refractivity contribution in [2.75, 3.05) is 95.3 Å². The molecule has 14 rings (SSSR count). The summed E-state index contributed by atoms with van der Waals surface area (Å²) in [7, 11) is -1.77. The molecule has 6 heterocycles. The quantitative estimate of drug-likeness (QED) is 0.00498. The second-order valence-corrected chi connectivity index (χ2v) is 41.4. The van der Waals surface area contributed by atoms with Crippen LogP contribution in [0.25, 0.3) is 43.1 Å². The molecule has 2 radical (unpaired) electrons. The van der Waals surface area contributed by atoms with Crippen LogP contribution in [0.2, 0.25) is 0 Å². The Morgan fingerprint density at radius 3 is 1.17 bits per heavy atom. The number of carbonyl (C=O) groups is 4. The van der Waals surface area contributed by atoms with Crippen LogP contribution in [-0.4, -0.2) is 191 Å². The van der Waals surface area contributed by atoms with E-state index in [2.05, 4.69) is 246 Å². The second-order valence-electron chi connectivity index (χ2n) is 37.9. The average Bonchev–Trinajstić information content (AvgIpc) is 1.58. The topological polar surface area (TPSA) is 300 Å². The largest absolute Gasteiger partial charge is 1.00 e. The Hall–Kier alpha value is -7.55. The molecule has 0 spiro atoms. The van der Waals surface area contributed by atoms with Gasteiger partial charge in [0.05, 0.1) is 39.7 Å². The minimum absolute atomic E-state index is 0. The van der Waals surface area contributed by atoms with Gasteiger partial charge in [-0.25, -0.2) is 16.8 Å². The number of likely N-dealkylation sites (N-methyl/N-ethyl adjacent to an activating group) is 2. The van der Waals surface area contributed by atoms with Gasteiger partial charge in [-0.3, -0.25) is 24.1 Å². The number of benzene rings is 8. The van der Waals surface area contributed by atoms with Crippen molar-refractivity contribution >= 4 is 167 Å². The van der Waals surface area contributed by atoms with E-state index in [4.69, 9.17) is 28.3 Å². The molecule has 8 aromatic rings. The summed E-state index contributed by atoms with van der Waals surface area (Å²) in [6.45, 7) is 27.6. The molecule has 0 atom stereocenters. The summed E-state index contributed by atoms with van der Waals surface area (Å²) in [6.07, 6.45) is 26.8. The maximum absolute atomic E-state index is 12.0. The summed E-state index contributed by atoms with van der Waals surface area (Å²) in [5, 5.41) is 53.3. The molecule has 6 aliphatic heterocycles. The number of halogens is 4. The van der Waals surface area contributed by atoms with Crippen LogP contribution in [0.15, 0.2) is 223 Å². The van der Waals surface area contributed by atoms with E-state index in [1.807, 2.05) is 29.2 Å². The summed E-state index contributed by atoms with van der Waals surface area (Å²) in [5.74, 6) is -3.14. The molecule has 135 heavy (non-hydrogen) atoms. The number of hydrogen-bond acceptors (Lipinski definition) is 14. The number of carboxylic acid groups (broad SMARTS) is 4. The van der Waals surface area contributed by atoms with Crippen LogP contribution in [-0.2, 0) is 98.2 Å². The molecule has 29 heteroatoms. The molecule has 0 bridgehead atoms. The molecule has 5 N–H and O–H groups in total. The summed E-state index contributed by atoms with van der Waals surface area (Å²) in [5.41, 5.74) is 18.1. The maximum atomic E-state index is 12.0. The van der Waals surface area contributed by atoms with E-state index in [0.29, 0.717) is 83.7 Å². The van der Waals surface area contributed by atoms with Gasteiger partial charge in [-0.05, 0) is 243 Å². The standard InChI is InChI=1S/C52H60ClN3O7S.C51H58ClN3O7S.CH3I.CH4O.CH3.HI.2V/c1-34-16-22-40-35(30-34)17-24-42-48(40)51(2,3)44(54(42)28-12-8-10-14-46(57)58)26-19-37-32-56(6,7)33-38(50(37)53)20-27-45-52(4,5)49-41-23-21-39(64(61,62)63)31-36(41)18-25-43(49)55(45)29-13-9-11-15-47(59)60;1-33-15-21-39-34(29-33)16-23-41-47(39)50(2,3)43(54(41)27-11-7-9-13-45(56)57)25-18-36-31-53(6)32-37(49(36)52)19-26-44-51(4,5)48-40-22-20-38(63(60,61)62)30-35(40)17-24-42(48)55(44)28-12-8-10-14-46(58)59;2*1-2;;;;/h16-27,30-31H,8-15,28-29,32-33H2,1-7H3,(H-2,57,58,59,60,61,62,63);15-26,29-30H,7-14,27-28,31-32H2,1-6H3,(H2-,56,57,58,59,60,61,62);1H3;2H,1H3;1H3;1H;;/q;;;;-1;;;. The predicted octanol–water partition coefficient (Wildman–Crippen LogP) is 19.2. The third kappa shape index (κ3) is 26.0. The smallest absolute Gasteiger partial charge is 0.303 e. The third-order valence-corrected chi connectivity index (χ3v) is 28.9. The molecule has 0 amide bonds. The van der Waals surface area contributed by atoms with Crippen molar-refractivity contribution in [1.82, 2.24) is 4.90 Å². The van der Waals surface area contributed by atoms with Gasteiger partial charge in [0.15, 0.2) is 11.4 Å². The predicted molar refractivity (Wildman–Crippen MR) is 542 cm³/mol. The monoisotopic (exact) mass is 2220 g/mol.